The van der Waals surface area contributed by atoms with E-state index in [1.807, 2.05) is 17.5 Å². The third kappa shape index (κ3) is 5.84. The van der Waals surface area contributed by atoms with E-state index in [2.05, 4.69) is 12.2 Å². The van der Waals surface area contributed by atoms with E-state index >= 15 is 0 Å². The van der Waals surface area contributed by atoms with E-state index in [0.29, 0.717) is 0 Å². The Balaban J connectivity index is 2.34. The largest absolute Gasteiger partial charge is 0.457 e. The van der Waals surface area contributed by atoms with Gasteiger partial charge in [-0.3, -0.25) is 4.79 Å². The van der Waals surface area contributed by atoms with Crippen molar-refractivity contribution in [1.82, 2.24) is 5.32 Å². The molecule has 0 unspecified atom stereocenters. The molecule has 0 aliphatic rings. The van der Waals surface area contributed by atoms with Crippen molar-refractivity contribution >= 4 is 17.3 Å². The van der Waals surface area contributed by atoms with Crippen LogP contribution in [0.4, 0.5) is 0 Å². The lowest BCUT2D eigenvalue weighted by molar-refractivity contribution is -0.146. The van der Waals surface area contributed by atoms with Gasteiger partial charge in [0.15, 0.2) is 0 Å². The number of esters is 1. The monoisotopic (exact) mass is 255 g/mol. The summed E-state index contributed by atoms with van der Waals surface area (Å²) in [6.45, 7) is 5.66. The SMILES string of the molecule is CCCNCCC[C@H](OC(C)=O)c1cccs1. The number of ether oxygens (including phenoxy) is 1. The normalized spacial score (nSPS) is 12.4. The standard InChI is InChI=1S/C13H21NO2S/c1-3-8-14-9-4-6-12(16-11(2)15)13-7-5-10-17-13/h5,7,10,12,14H,3-4,6,8-9H2,1-2H3/t12-/m0/s1. The summed E-state index contributed by atoms with van der Waals surface area (Å²) in [4.78, 5) is 12.2. The molecule has 1 aromatic rings. The Bertz CT molecular complexity index is 311. The predicted molar refractivity (Wildman–Crippen MR) is 71.2 cm³/mol. The van der Waals surface area contributed by atoms with Crippen molar-refractivity contribution < 1.29 is 9.53 Å². The van der Waals surface area contributed by atoms with Crippen molar-refractivity contribution in [3.8, 4) is 0 Å². The molecule has 1 heterocycles. The van der Waals surface area contributed by atoms with E-state index in [9.17, 15) is 4.79 Å². The fourth-order valence-electron chi connectivity index (χ4n) is 1.65. The summed E-state index contributed by atoms with van der Waals surface area (Å²) in [7, 11) is 0. The van der Waals surface area contributed by atoms with Gasteiger partial charge in [-0.1, -0.05) is 13.0 Å². The summed E-state index contributed by atoms with van der Waals surface area (Å²) < 4.78 is 5.34. The predicted octanol–water partition coefficient (Wildman–Crippen LogP) is 3.13. The van der Waals surface area contributed by atoms with Crippen molar-refractivity contribution in [1.29, 1.82) is 0 Å². The van der Waals surface area contributed by atoms with Gasteiger partial charge in [0.25, 0.3) is 0 Å². The average molecular weight is 255 g/mol. The fourth-order valence-corrected chi connectivity index (χ4v) is 2.44. The molecule has 0 aliphatic heterocycles. The van der Waals surface area contributed by atoms with Crippen LogP contribution in [0.2, 0.25) is 0 Å². The van der Waals surface area contributed by atoms with Crippen LogP contribution in [0.3, 0.4) is 0 Å². The van der Waals surface area contributed by atoms with Crippen LogP contribution in [0.25, 0.3) is 0 Å². The van der Waals surface area contributed by atoms with Gasteiger partial charge in [0.05, 0.1) is 0 Å². The molecule has 96 valence electrons. The second kappa shape index (κ2) is 8.25. The van der Waals surface area contributed by atoms with Crippen LogP contribution in [0.1, 0.15) is 44.1 Å². The lowest BCUT2D eigenvalue weighted by Gasteiger charge is -2.15. The zero-order valence-corrected chi connectivity index (χ0v) is 11.4. The molecule has 0 radical (unpaired) electrons. The van der Waals surface area contributed by atoms with Gasteiger partial charge in [0.1, 0.15) is 6.10 Å². The minimum atomic E-state index is -0.204. The van der Waals surface area contributed by atoms with E-state index in [-0.39, 0.29) is 12.1 Å². The number of thiophene rings is 1. The zero-order chi connectivity index (χ0) is 12.5. The number of carbonyl (C=O) groups is 1. The highest BCUT2D eigenvalue weighted by atomic mass is 32.1. The van der Waals surface area contributed by atoms with Crippen molar-refractivity contribution in [3.63, 3.8) is 0 Å². The van der Waals surface area contributed by atoms with Crippen molar-refractivity contribution in [2.75, 3.05) is 13.1 Å². The molecule has 0 saturated carbocycles. The zero-order valence-electron chi connectivity index (χ0n) is 10.6. The quantitative estimate of drug-likeness (QED) is 0.573. The number of carbonyl (C=O) groups excluding carboxylic acids is 1. The molecule has 3 nitrogen and oxygen atoms in total. The van der Waals surface area contributed by atoms with Crippen LogP contribution in [0, 0.1) is 0 Å². The molecule has 0 amide bonds. The summed E-state index contributed by atoms with van der Waals surface area (Å²) in [5, 5.41) is 5.37. The highest BCUT2D eigenvalue weighted by Gasteiger charge is 2.15. The molecule has 0 bridgehead atoms. The van der Waals surface area contributed by atoms with Crippen LogP contribution < -0.4 is 5.32 Å². The first-order valence-electron chi connectivity index (χ1n) is 6.15. The van der Waals surface area contributed by atoms with Crippen LogP contribution in [0.15, 0.2) is 17.5 Å². The maximum atomic E-state index is 11.1. The molecule has 1 rings (SSSR count). The van der Waals surface area contributed by atoms with E-state index in [1.54, 1.807) is 11.3 Å². The Morgan fingerprint density at radius 2 is 2.35 bits per heavy atom. The van der Waals surface area contributed by atoms with Crippen LogP contribution in [-0.4, -0.2) is 19.1 Å². The summed E-state index contributed by atoms with van der Waals surface area (Å²) >= 11 is 1.64. The van der Waals surface area contributed by atoms with Gasteiger partial charge in [-0.05, 0) is 43.8 Å². The fraction of sp³-hybridized carbons (Fsp3) is 0.615. The first-order chi connectivity index (χ1) is 8.24. The number of hydrogen-bond acceptors (Lipinski definition) is 4. The van der Waals surface area contributed by atoms with Crippen molar-refractivity contribution in [2.45, 2.75) is 39.2 Å². The summed E-state index contributed by atoms with van der Waals surface area (Å²) in [5.41, 5.74) is 0. The molecule has 17 heavy (non-hydrogen) atoms. The summed E-state index contributed by atoms with van der Waals surface area (Å²) in [5.74, 6) is -0.204. The number of rotatable bonds is 8. The molecule has 4 heteroatoms. The van der Waals surface area contributed by atoms with Gasteiger partial charge in [-0.25, -0.2) is 0 Å². The maximum absolute atomic E-state index is 11.1. The Labute approximate surface area is 107 Å². The Morgan fingerprint density at radius 3 is 2.94 bits per heavy atom. The molecular weight excluding hydrogens is 234 g/mol. The van der Waals surface area contributed by atoms with Crippen molar-refractivity contribution in [2.24, 2.45) is 0 Å². The van der Waals surface area contributed by atoms with Crippen LogP contribution >= 0.6 is 11.3 Å². The lowest BCUT2D eigenvalue weighted by Crippen LogP contribution is -2.17. The van der Waals surface area contributed by atoms with Gasteiger partial charge in [-0.15, -0.1) is 11.3 Å². The maximum Gasteiger partial charge on any atom is 0.303 e. The molecule has 0 spiro atoms. The highest BCUT2D eigenvalue weighted by molar-refractivity contribution is 7.10. The number of hydrogen-bond donors (Lipinski definition) is 1. The summed E-state index contributed by atoms with van der Waals surface area (Å²) in [6.07, 6.45) is 2.99. The molecule has 0 aliphatic carbocycles. The molecule has 1 aromatic heterocycles. The first-order valence-corrected chi connectivity index (χ1v) is 7.03. The van der Waals surface area contributed by atoms with E-state index < -0.39 is 0 Å². The minimum absolute atomic E-state index is 0.0732. The van der Waals surface area contributed by atoms with Gasteiger partial charge >= 0.3 is 5.97 Å². The molecule has 0 aromatic carbocycles. The van der Waals surface area contributed by atoms with E-state index in [0.717, 1.165) is 37.2 Å². The second-order valence-electron chi connectivity index (χ2n) is 4.01. The van der Waals surface area contributed by atoms with Gasteiger partial charge in [0.2, 0.25) is 0 Å². The van der Waals surface area contributed by atoms with Gasteiger partial charge in [0, 0.05) is 11.8 Å². The van der Waals surface area contributed by atoms with Crippen LogP contribution in [-0.2, 0) is 9.53 Å². The van der Waals surface area contributed by atoms with E-state index in [1.165, 1.54) is 6.92 Å². The first kappa shape index (κ1) is 14.2. The topological polar surface area (TPSA) is 38.3 Å². The third-order valence-electron chi connectivity index (χ3n) is 2.42. The molecule has 1 atom stereocenters. The Kier molecular flexibility index (Phi) is 6.89. The molecular formula is C13H21NO2S. The van der Waals surface area contributed by atoms with Crippen molar-refractivity contribution in [3.05, 3.63) is 22.4 Å². The second-order valence-corrected chi connectivity index (χ2v) is 4.98. The van der Waals surface area contributed by atoms with E-state index in [4.69, 9.17) is 4.74 Å². The Morgan fingerprint density at radius 1 is 1.53 bits per heavy atom. The molecule has 0 fully saturated rings. The average Bonchev–Trinajstić information content (AvgIpc) is 2.80. The minimum Gasteiger partial charge on any atom is -0.457 e. The smallest absolute Gasteiger partial charge is 0.303 e. The third-order valence-corrected chi connectivity index (χ3v) is 3.38. The number of nitrogens with one attached hydrogen (secondary N) is 1. The summed E-state index contributed by atoms with van der Waals surface area (Å²) in [6, 6.07) is 4.02. The van der Waals surface area contributed by atoms with Gasteiger partial charge < -0.3 is 10.1 Å². The molecule has 0 saturated heterocycles. The van der Waals surface area contributed by atoms with Crippen LogP contribution in [0.5, 0.6) is 0 Å². The highest BCUT2D eigenvalue weighted by Crippen LogP contribution is 2.26. The van der Waals surface area contributed by atoms with Gasteiger partial charge in [-0.2, -0.15) is 0 Å². The molecule has 1 N–H and O–H groups in total. The Hall–Kier alpha value is -0.870. The lowest BCUT2D eigenvalue weighted by atomic mass is 10.1.